The zero-order chi connectivity index (χ0) is 24.5. The second kappa shape index (κ2) is 9.93. The molecule has 9 heteroatoms. The molecule has 3 heterocycles. The Balaban J connectivity index is 1.51. The number of anilines is 1. The number of nitrogens with zero attached hydrogens (tertiary/aromatic N) is 3. The number of carbonyl (C=O) groups excluding carboxylic acids is 1. The molecule has 0 saturated carbocycles. The Kier molecular flexibility index (Phi) is 6.73. The number of fused-ring (bicyclic) bond motifs is 3. The second-order valence-electron chi connectivity index (χ2n) is 8.52. The van der Waals surface area contributed by atoms with Crippen LogP contribution in [0.4, 0.5) is 10.1 Å². The molecule has 6 nitrogen and oxygen atoms in total. The van der Waals surface area contributed by atoms with E-state index in [0.717, 1.165) is 47.7 Å². The first-order valence-electron chi connectivity index (χ1n) is 11.5. The molecule has 4 aromatic rings. The SMILES string of the molecule is CCN1CCc2c(sc3nc(SCC(=O)Nc4ccc(F)cc4)n(-c4ccc(C)cc4)c(=O)c23)C1. The van der Waals surface area contributed by atoms with Crippen LogP contribution in [0.25, 0.3) is 15.9 Å². The van der Waals surface area contributed by atoms with Gasteiger partial charge in [-0.25, -0.2) is 9.37 Å². The highest BCUT2D eigenvalue weighted by molar-refractivity contribution is 7.99. The molecule has 0 radical (unpaired) electrons. The number of amides is 1. The Morgan fingerprint density at radius 1 is 1.17 bits per heavy atom. The Morgan fingerprint density at radius 3 is 2.63 bits per heavy atom. The monoisotopic (exact) mass is 508 g/mol. The van der Waals surface area contributed by atoms with Gasteiger partial charge in [-0.15, -0.1) is 11.3 Å². The van der Waals surface area contributed by atoms with E-state index in [0.29, 0.717) is 16.2 Å². The standard InChI is InChI=1S/C26H25FN4O2S2/c1-3-30-13-12-20-21(14-30)35-24-23(20)25(33)31(19-10-4-16(2)5-11-19)26(29-24)34-15-22(32)28-18-8-6-17(27)7-9-18/h4-11H,3,12-15H2,1-2H3,(H,28,32). The topological polar surface area (TPSA) is 67.2 Å². The van der Waals surface area contributed by atoms with Crippen LogP contribution in [0.5, 0.6) is 0 Å². The third-order valence-electron chi connectivity index (χ3n) is 6.12. The smallest absolute Gasteiger partial charge is 0.267 e. The van der Waals surface area contributed by atoms with Crippen LogP contribution in [-0.4, -0.2) is 39.2 Å². The van der Waals surface area contributed by atoms with Crippen molar-refractivity contribution in [3.63, 3.8) is 0 Å². The summed E-state index contributed by atoms with van der Waals surface area (Å²) >= 11 is 2.79. The summed E-state index contributed by atoms with van der Waals surface area (Å²) in [7, 11) is 0. The molecule has 0 spiro atoms. The highest BCUT2D eigenvalue weighted by Gasteiger charge is 2.25. The molecule has 0 atom stereocenters. The van der Waals surface area contributed by atoms with Crippen molar-refractivity contribution in [1.82, 2.24) is 14.5 Å². The molecule has 35 heavy (non-hydrogen) atoms. The van der Waals surface area contributed by atoms with Crippen LogP contribution in [-0.2, 0) is 17.8 Å². The third-order valence-corrected chi connectivity index (χ3v) is 8.17. The molecule has 1 amide bonds. The predicted molar refractivity (Wildman–Crippen MR) is 140 cm³/mol. The number of hydrogen-bond donors (Lipinski definition) is 1. The maximum absolute atomic E-state index is 13.9. The lowest BCUT2D eigenvalue weighted by molar-refractivity contribution is -0.113. The van der Waals surface area contributed by atoms with E-state index in [1.54, 1.807) is 15.9 Å². The van der Waals surface area contributed by atoms with Crippen molar-refractivity contribution in [2.24, 2.45) is 0 Å². The molecule has 0 fully saturated rings. The molecular formula is C26H25FN4O2S2. The summed E-state index contributed by atoms with van der Waals surface area (Å²) in [6.07, 6.45) is 0.834. The van der Waals surface area contributed by atoms with Crippen molar-refractivity contribution in [3.8, 4) is 5.69 Å². The van der Waals surface area contributed by atoms with Gasteiger partial charge in [0.05, 0.1) is 16.8 Å². The molecule has 1 N–H and O–H groups in total. The van der Waals surface area contributed by atoms with Crippen molar-refractivity contribution in [1.29, 1.82) is 0 Å². The number of carbonyl (C=O) groups is 1. The Bertz CT molecular complexity index is 1450. The fourth-order valence-corrected chi connectivity index (χ4v) is 6.34. The first kappa shape index (κ1) is 23.7. The van der Waals surface area contributed by atoms with Gasteiger partial charge in [0.2, 0.25) is 5.91 Å². The van der Waals surface area contributed by atoms with Crippen LogP contribution in [0.2, 0.25) is 0 Å². The average molecular weight is 509 g/mol. The third kappa shape index (κ3) is 4.89. The Morgan fingerprint density at radius 2 is 1.91 bits per heavy atom. The Labute approximate surface area is 210 Å². The van der Waals surface area contributed by atoms with Gasteiger partial charge in [0, 0.05) is 23.7 Å². The van der Waals surface area contributed by atoms with E-state index in [1.165, 1.54) is 40.9 Å². The molecule has 0 unspecified atom stereocenters. The van der Waals surface area contributed by atoms with Gasteiger partial charge < -0.3 is 5.32 Å². The molecular weight excluding hydrogens is 483 g/mol. The van der Waals surface area contributed by atoms with Crippen molar-refractivity contribution in [2.45, 2.75) is 32.0 Å². The van der Waals surface area contributed by atoms with Crippen LogP contribution < -0.4 is 10.9 Å². The number of hydrogen-bond acceptors (Lipinski definition) is 6. The number of nitrogens with one attached hydrogen (secondary N) is 1. The normalized spacial score (nSPS) is 13.7. The average Bonchev–Trinajstić information content (AvgIpc) is 3.22. The Hall–Kier alpha value is -3.01. The molecule has 0 saturated heterocycles. The minimum absolute atomic E-state index is 0.0654. The fraction of sp³-hybridized carbons (Fsp3) is 0.269. The number of rotatable bonds is 6. The van der Waals surface area contributed by atoms with Gasteiger partial charge in [0.1, 0.15) is 10.6 Å². The number of thioether (sulfide) groups is 1. The number of likely N-dealkylation sites (N-methyl/N-ethyl adjacent to an activating group) is 1. The van der Waals surface area contributed by atoms with Gasteiger partial charge in [-0.3, -0.25) is 19.1 Å². The van der Waals surface area contributed by atoms with Crippen molar-refractivity contribution >= 4 is 44.9 Å². The first-order chi connectivity index (χ1) is 16.9. The van der Waals surface area contributed by atoms with Crippen LogP contribution in [0.3, 0.4) is 0 Å². The maximum atomic E-state index is 13.9. The molecule has 0 aliphatic carbocycles. The van der Waals surface area contributed by atoms with Crippen LogP contribution in [0, 0.1) is 12.7 Å². The van der Waals surface area contributed by atoms with Gasteiger partial charge in [0.25, 0.3) is 5.56 Å². The van der Waals surface area contributed by atoms with E-state index in [4.69, 9.17) is 4.98 Å². The highest BCUT2D eigenvalue weighted by Crippen LogP contribution is 2.34. The van der Waals surface area contributed by atoms with Gasteiger partial charge >= 0.3 is 0 Å². The number of aromatic nitrogens is 2. The summed E-state index contributed by atoms with van der Waals surface area (Å²) in [5, 5.41) is 3.94. The molecule has 1 aliphatic heterocycles. The molecule has 2 aromatic carbocycles. The second-order valence-corrected chi connectivity index (χ2v) is 10.5. The van der Waals surface area contributed by atoms with Crippen molar-refractivity contribution in [2.75, 3.05) is 24.2 Å². The largest absolute Gasteiger partial charge is 0.325 e. The maximum Gasteiger partial charge on any atom is 0.267 e. The fourth-order valence-electron chi connectivity index (χ4n) is 4.23. The summed E-state index contributed by atoms with van der Waals surface area (Å²) < 4.78 is 14.8. The van der Waals surface area contributed by atoms with Crippen molar-refractivity contribution in [3.05, 3.63) is 80.7 Å². The number of thiophene rings is 1. The van der Waals surface area contributed by atoms with Crippen LogP contribution in [0.1, 0.15) is 22.9 Å². The van der Waals surface area contributed by atoms with Gasteiger partial charge in [-0.2, -0.15) is 0 Å². The minimum atomic E-state index is -0.363. The van der Waals surface area contributed by atoms with E-state index in [-0.39, 0.29) is 23.0 Å². The quantitative estimate of drug-likeness (QED) is 0.293. The van der Waals surface area contributed by atoms with Gasteiger partial charge in [-0.1, -0.05) is 36.4 Å². The summed E-state index contributed by atoms with van der Waals surface area (Å²) in [6.45, 7) is 6.88. The summed E-state index contributed by atoms with van der Waals surface area (Å²) in [6, 6.07) is 13.4. The number of halogens is 1. The lowest BCUT2D eigenvalue weighted by Gasteiger charge is -2.25. The molecule has 1 aliphatic rings. The predicted octanol–water partition coefficient (Wildman–Crippen LogP) is 5.00. The van der Waals surface area contributed by atoms with Crippen molar-refractivity contribution < 1.29 is 9.18 Å². The molecule has 2 aromatic heterocycles. The lowest BCUT2D eigenvalue weighted by Crippen LogP contribution is -2.30. The minimum Gasteiger partial charge on any atom is -0.325 e. The van der Waals surface area contributed by atoms with Gasteiger partial charge in [0.15, 0.2) is 5.16 Å². The summed E-state index contributed by atoms with van der Waals surface area (Å²) in [5.41, 5.74) is 3.35. The lowest BCUT2D eigenvalue weighted by atomic mass is 10.1. The van der Waals surface area contributed by atoms with E-state index in [1.807, 2.05) is 31.2 Å². The molecule has 0 bridgehead atoms. The van der Waals surface area contributed by atoms with Gasteiger partial charge in [-0.05, 0) is 61.9 Å². The molecule has 5 rings (SSSR count). The number of aryl methyl sites for hydroxylation is 1. The summed E-state index contributed by atoms with van der Waals surface area (Å²) in [4.78, 5) is 35.6. The van der Waals surface area contributed by atoms with Crippen LogP contribution in [0.15, 0.2) is 58.5 Å². The zero-order valence-corrected chi connectivity index (χ0v) is 21.1. The highest BCUT2D eigenvalue weighted by atomic mass is 32.2. The van der Waals surface area contributed by atoms with E-state index >= 15 is 0 Å². The van der Waals surface area contributed by atoms with Crippen LogP contribution >= 0.6 is 23.1 Å². The van der Waals surface area contributed by atoms with E-state index in [2.05, 4.69) is 17.1 Å². The molecule has 180 valence electrons. The number of benzene rings is 2. The first-order valence-corrected chi connectivity index (χ1v) is 13.3. The van der Waals surface area contributed by atoms with E-state index < -0.39 is 0 Å². The summed E-state index contributed by atoms with van der Waals surface area (Å²) in [5.74, 6) is -0.552. The van der Waals surface area contributed by atoms with E-state index in [9.17, 15) is 14.0 Å². The zero-order valence-electron chi connectivity index (χ0n) is 19.5.